The van der Waals surface area contributed by atoms with Crippen LogP contribution >= 0.6 is 0 Å². The van der Waals surface area contributed by atoms with E-state index < -0.39 is 5.97 Å². The summed E-state index contributed by atoms with van der Waals surface area (Å²) in [5.41, 5.74) is 3.20. The molecule has 3 aromatic carbocycles. The molecule has 186 valence electrons. The first-order valence-corrected chi connectivity index (χ1v) is 11.7. The van der Waals surface area contributed by atoms with Crippen LogP contribution in [0.4, 0.5) is 4.39 Å². The van der Waals surface area contributed by atoms with Gasteiger partial charge in [0.1, 0.15) is 29.7 Å². The fourth-order valence-electron chi connectivity index (χ4n) is 3.71. The van der Waals surface area contributed by atoms with Gasteiger partial charge in [-0.15, -0.1) is 0 Å². The van der Waals surface area contributed by atoms with Crippen LogP contribution in [0.3, 0.4) is 0 Å². The van der Waals surface area contributed by atoms with E-state index in [0.717, 1.165) is 23.1 Å². The van der Waals surface area contributed by atoms with Crippen molar-refractivity contribution >= 4 is 5.97 Å². The average molecular weight is 481 g/mol. The summed E-state index contributed by atoms with van der Waals surface area (Å²) >= 11 is 0. The SMILES string of the molecule is CCOC(=O)COc1cccc(COc2ccc(-c3cc(OC)ccc3F)c(CC(C)(C)C)c2)c1. The van der Waals surface area contributed by atoms with Crippen LogP contribution < -0.4 is 14.2 Å². The number of carbonyl (C=O) groups excluding carboxylic acids is 1. The molecule has 0 aliphatic carbocycles. The lowest BCUT2D eigenvalue weighted by atomic mass is 9.84. The number of esters is 1. The van der Waals surface area contributed by atoms with Crippen LogP contribution in [0.25, 0.3) is 11.1 Å². The lowest BCUT2D eigenvalue weighted by Gasteiger charge is -2.22. The molecule has 3 aromatic rings. The Hall–Kier alpha value is -3.54. The summed E-state index contributed by atoms with van der Waals surface area (Å²) in [5.74, 6) is 1.15. The third kappa shape index (κ3) is 7.74. The van der Waals surface area contributed by atoms with Crippen LogP contribution in [0.1, 0.15) is 38.8 Å². The molecule has 0 fully saturated rings. The smallest absolute Gasteiger partial charge is 0.344 e. The van der Waals surface area contributed by atoms with Gasteiger partial charge in [-0.1, -0.05) is 39.0 Å². The topological polar surface area (TPSA) is 54.0 Å². The van der Waals surface area contributed by atoms with E-state index in [4.69, 9.17) is 18.9 Å². The Kier molecular flexibility index (Phi) is 8.74. The lowest BCUT2D eigenvalue weighted by molar-refractivity contribution is -0.145. The summed E-state index contributed by atoms with van der Waals surface area (Å²) < 4.78 is 36.5. The van der Waals surface area contributed by atoms with Crippen molar-refractivity contribution in [2.45, 2.75) is 40.7 Å². The molecule has 6 heteroatoms. The Bertz CT molecular complexity index is 1150. The fraction of sp³-hybridized carbons (Fsp3) is 0.345. The number of rotatable bonds is 10. The van der Waals surface area contributed by atoms with Crippen molar-refractivity contribution in [1.29, 1.82) is 0 Å². The van der Waals surface area contributed by atoms with Crippen LogP contribution in [-0.2, 0) is 22.6 Å². The highest BCUT2D eigenvalue weighted by Crippen LogP contribution is 2.35. The van der Waals surface area contributed by atoms with Gasteiger partial charge in [-0.3, -0.25) is 0 Å². The lowest BCUT2D eigenvalue weighted by Crippen LogP contribution is -2.14. The maximum atomic E-state index is 14.7. The average Bonchev–Trinajstić information content (AvgIpc) is 2.82. The molecule has 0 saturated heterocycles. The monoisotopic (exact) mass is 480 g/mol. The first-order valence-electron chi connectivity index (χ1n) is 11.7. The Morgan fingerprint density at radius 1 is 0.886 bits per heavy atom. The summed E-state index contributed by atoms with van der Waals surface area (Å²) in [5, 5.41) is 0. The summed E-state index contributed by atoms with van der Waals surface area (Å²) in [6.07, 6.45) is 0.743. The summed E-state index contributed by atoms with van der Waals surface area (Å²) in [4.78, 5) is 11.5. The molecular weight excluding hydrogens is 447 g/mol. The fourth-order valence-corrected chi connectivity index (χ4v) is 3.71. The molecule has 0 radical (unpaired) electrons. The van der Waals surface area contributed by atoms with Crippen molar-refractivity contribution in [3.05, 3.63) is 77.6 Å². The molecule has 35 heavy (non-hydrogen) atoms. The molecule has 0 aliphatic heterocycles. The number of methoxy groups -OCH3 is 1. The van der Waals surface area contributed by atoms with Gasteiger partial charge in [0.15, 0.2) is 6.61 Å². The molecule has 0 unspecified atom stereocenters. The number of benzene rings is 3. The van der Waals surface area contributed by atoms with Gasteiger partial charge >= 0.3 is 5.97 Å². The van der Waals surface area contributed by atoms with E-state index in [-0.39, 0.29) is 17.8 Å². The summed E-state index contributed by atoms with van der Waals surface area (Å²) in [6.45, 7) is 8.68. The first kappa shape index (κ1) is 26.1. The normalized spacial score (nSPS) is 11.1. The molecular formula is C29H33FO5. The zero-order valence-electron chi connectivity index (χ0n) is 21.0. The van der Waals surface area contributed by atoms with E-state index >= 15 is 0 Å². The molecule has 0 spiro atoms. The minimum absolute atomic E-state index is 0.00664. The zero-order chi connectivity index (χ0) is 25.4. The number of carbonyl (C=O) groups is 1. The third-order valence-electron chi connectivity index (χ3n) is 5.23. The Labute approximate surface area is 206 Å². The van der Waals surface area contributed by atoms with Gasteiger partial charge in [0.05, 0.1) is 13.7 Å². The van der Waals surface area contributed by atoms with Crippen LogP contribution in [0.15, 0.2) is 60.7 Å². The highest BCUT2D eigenvalue weighted by molar-refractivity contribution is 5.71. The largest absolute Gasteiger partial charge is 0.497 e. The Morgan fingerprint density at radius 2 is 1.63 bits per heavy atom. The van der Waals surface area contributed by atoms with E-state index in [1.165, 1.54) is 6.07 Å². The van der Waals surface area contributed by atoms with Gasteiger partial charge in [-0.05, 0) is 77.9 Å². The second-order valence-electron chi connectivity index (χ2n) is 9.43. The van der Waals surface area contributed by atoms with Crippen molar-refractivity contribution in [3.8, 4) is 28.4 Å². The van der Waals surface area contributed by atoms with Crippen molar-refractivity contribution in [2.75, 3.05) is 20.3 Å². The van der Waals surface area contributed by atoms with Crippen LogP contribution in [0, 0.1) is 11.2 Å². The van der Waals surface area contributed by atoms with E-state index in [1.54, 1.807) is 32.2 Å². The minimum atomic E-state index is -0.409. The maximum absolute atomic E-state index is 14.7. The van der Waals surface area contributed by atoms with Crippen molar-refractivity contribution < 1.29 is 28.1 Å². The molecule has 0 atom stereocenters. The predicted octanol–water partition coefficient (Wildman–Crippen LogP) is 6.61. The molecule has 0 amide bonds. The number of hydrogen-bond donors (Lipinski definition) is 0. The van der Waals surface area contributed by atoms with Crippen LogP contribution in [-0.4, -0.2) is 26.3 Å². The van der Waals surface area contributed by atoms with E-state index in [1.807, 2.05) is 36.4 Å². The van der Waals surface area contributed by atoms with E-state index in [9.17, 15) is 9.18 Å². The van der Waals surface area contributed by atoms with E-state index in [2.05, 4.69) is 20.8 Å². The van der Waals surface area contributed by atoms with Crippen LogP contribution in [0.2, 0.25) is 0 Å². The summed E-state index contributed by atoms with van der Waals surface area (Å²) in [7, 11) is 1.57. The number of hydrogen-bond acceptors (Lipinski definition) is 5. The molecule has 0 heterocycles. The van der Waals surface area contributed by atoms with Gasteiger partial charge in [-0.2, -0.15) is 0 Å². The standard InChI is InChI=1S/C29H33FO5/c1-6-33-28(31)19-35-23-9-7-8-20(14-23)18-34-24-10-12-25(21(15-24)17-29(2,3)4)26-16-22(32-5)11-13-27(26)30/h7-16H,6,17-19H2,1-5H3. The number of ether oxygens (including phenoxy) is 4. The minimum Gasteiger partial charge on any atom is -0.497 e. The Balaban J connectivity index is 1.79. The maximum Gasteiger partial charge on any atom is 0.344 e. The second-order valence-corrected chi connectivity index (χ2v) is 9.43. The number of halogens is 1. The molecule has 0 aromatic heterocycles. The zero-order valence-corrected chi connectivity index (χ0v) is 21.0. The molecule has 0 N–H and O–H groups in total. The van der Waals surface area contributed by atoms with Gasteiger partial charge in [0, 0.05) is 5.56 Å². The van der Waals surface area contributed by atoms with Crippen LogP contribution in [0.5, 0.6) is 17.2 Å². The van der Waals surface area contributed by atoms with Crippen molar-refractivity contribution in [2.24, 2.45) is 5.41 Å². The van der Waals surface area contributed by atoms with Gasteiger partial charge in [-0.25, -0.2) is 9.18 Å². The molecule has 0 aliphatic rings. The summed E-state index contributed by atoms with van der Waals surface area (Å²) in [6, 6.07) is 17.9. The first-order chi connectivity index (χ1) is 16.7. The van der Waals surface area contributed by atoms with Crippen molar-refractivity contribution in [1.82, 2.24) is 0 Å². The van der Waals surface area contributed by atoms with Crippen molar-refractivity contribution in [3.63, 3.8) is 0 Å². The molecule has 0 bridgehead atoms. The molecule has 5 nitrogen and oxygen atoms in total. The van der Waals surface area contributed by atoms with Gasteiger partial charge < -0.3 is 18.9 Å². The van der Waals surface area contributed by atoms with Gasteiger partial charge in [0.25, 0.3) is 0 Å². The predicted molar refractivity (Wildman–Crippen MR) is 134 cm³/mol. The molecule has 0 saturated carbocycles. The second kappa shape index (κ2) is 11.7. The quantitative estimate of drug-likeness (QED) is 0.306. The van der Waals surface area contributed by atoms with E-state index in [0.29, 0.717) is 36.0 Å². The highest BCUT2D eigenvalue weighted by Gasteiger charge is 2.18. The van der Waals surface area contributed by atoms with Gasteiger partial charge in [0.2, 0.25) is 0 Å². The molecule has 3 rings (SSSR count). The third-order valence-corrected chi connectivity index (χ3v) is 5.23. The highest BCUT2D eigenvalue weighted by atomic mass is 19.1. The Morgan fingerprint density at radius 3 is 2.34 bits per heavy atom.